The normalized spacial score (nSPS) is 13.4. The molecule has 24 heavy (non-hydrogen) atoms. The zero-order valence-electron chi connectivity index (χ0n) is 12.7. The number of nitrogens with one attached hydrogen (secondary N) is 1. The molecule has 1 amide bonds. The van der Waals surface area contributed by atoms with E-state index in [2.05, 4.69) is 5.32 Å². The Balaban J connectivity index is 1.70. The van der Waals surface area contributed by atoms with Crippen molar-refractivity contribution in [2.45, 2.75) is 12.0 Å². The first-order chi connectivity index (χ1) is 11.6. The Hall–Kier alpha value is -2.44. The van der Waals surface area contributed by atoms with Crippen LogP contribution >= 0.6 is 11.3 Å². The number of carbonyl (C=O) groups excluding carboxylic acids is 1. The summed E-state index contributed by atoms with van der Waals surface area (Å²) in [5, 5.41) is 15.6. The van der Waals surface area contributed by atoms with E-state index in [9.17, 15) is 14.3 Å². The summed E-state index contributed by atoms with van der Waals surface area (Å²) >= 11 is 1.38. The molecule has 0 aliphatic carbocycles. The van der Waals surface area contributed by atoms with Crippen molar-refractivity contribution < 1.29 is 18.7 Å². The lowest BCUT2D eigenvalue weighted by molar-refractivity contribution is -0.121. The predicted octanol–water partition coefficient (Wildman–Crippen LogP) is 3.08. The molecule has 0 aliphatic rings. The standard InChI is InChI=1S/C18H16FNO3S/c19-14-7-5-13(6-8-14)11-17(21)20-12-18(22,15-3-1-9-23-15)16-4-2-10-24-16/h1-10,22H,11-12H2,(H,20,21). The number of benzene rings is 1. The fourth-order valence-electron chi connectivity index (χ4n) is 2.40. The van der Waals surface area contributed by atoms with Crippen LogP contribution in [0.2, 0.25) is 0 Å². The van der Waals surface area contributed by atoms with E-state index in [1.165, 1.54) is 29.7 Å². The zero-order valence-corrected chi connectivity index (χ0v) is 13.6. The highest BCUT2D eigenvalue weighted by atomic mass is 32.1. The molecule has 0 radical (unpaired) electrons. The molecule has 2 aromatic heterocycles. The van der Waals surface area contributed by atoms with Crippen molar-refractivity contribution in [2.24, 2.45) is 0 Å². The van der Waals surface area contributed by atoms with Gasteiger partial charge < -0.3 is 14.8 Å². The van der Waals surface area contributed by atoms with Gasteiger partial charge in [-0.1, -0.05) is 18.2 Å². The number of hydrogen-bond donors (Lipinski definition) is 2. The van der Waals surface area contributed by atoms with Gasteiger partial charge in [-0.15, -0.1) is 11.3 Å². The van der Waals surface area contributed by atoms with Crippen LogP contribution in [-0.2, 0) is 16.8 Å². The van der Waals surface area contributed by atoms with Gasteiger partial charge in [0.2, 0.25) is 5.91 Å². The molecule has 3 rings (SSSR count). The van der Waals surface area contributed by atoms with Crippen LogP contribution in [0.1, 0.15) is 16.2 Å². The van der Waals surface area contributed by atoms with Crippen LogP contribution in [0, 0.1) is 5.82 Å². The molecular weight excluding hydrogens is 329 g/mol. The van der Waals surface area contributed by atoms with Gasteiger partial charge in [-0.05, 0) is 41.3 Å². The fraction of sp³-hybridized carbons (Fsp3) is 0.167. The lowest BCUT2D eigenvalue weighted by atomic mass is 9.98. The van der Waals surface area contributed by atoms with Crippen LogP contribution in [0.3, 0.4) is 0 Å². The maximum Gasteiger partial charge on any atom is 0.224 e. The smallest absolute Gasteiger partial charge is 0.224 e. The quantitative estimate of drug-likeness (QED) is 0.722. The summed E-state index contributed by atoms with van der Waals surface area (Å²) < 4.78 is 18.2. The van der Waals surface area contributed by atoms with E-state index < -0.39 is 5.60 Å². The third-order valence-electron chi connectivity index (χ3n) is 3.68. The highest BCUT2D eigenvalue weighted by Gasteiger charge is 2.36. The molecular formula is C18H16FNO3S. The molecule has 2 heterocycles. The molecule has 2 N–H and O–H groups in total. The van der Waals surface area contributed by atoms with E-state index in [0.29, 0.717) is 16.2 Å². The molecule has 0 fully saturated rings. The first kappa shape index (κ1) is 16.4. The second-order valence-electron chi connectivity index (χ2n) is 5.39. The Bertz CT molecular complexity index is 748. The molecule has 124 valence electrons. The van der Waals surface area contributed by atoms with Gasteiger partial charge in [0, 0.05) is 4.88 Å². The van der Waals surface area contributed by atoms with E-state index in [1.807, 2.05) is 11.4 Å². The van der Waals surface area contributed by atoms with E-state index in [0.717, 1.165) is 0 Å². The fourth-order valence-corrected chi connectivity index (χ4v) is 3.23. The van der Waals surface area contributed by atoms with Gasteiger partial charge in [0.15, 0.2) is 5.60 Å². The summed E-state index contributed by atoms with van der Waals surface area (Å²) in [6, 6.07) is 12.7. The van der Waals surface area contributed by atoms with Gasteiger partial charge in [0.1, 0.15) is 11.6 Å². The number of halogens is 1. The van der Waals surface area contributed by atoms with E-state index >= 15 is 0 Å². The maximum atomic E-state index is 12.9. The number of hydrogen-bond acceptors (Lipinski definition) is 4. The maximum absolute atomic E-state index is 12.9. The van der Waals surface area contributed by atoms with Crippen LogP contribution < -0.4 is 5.32 Å². The summed E-state index contributed by atoms with van der Waals surface area (Å²) in [4.78, 5) is 12.8. The Morgan fingerprint density at radius 2 is 2.00 bits per heavy atom. The Kier molecular flexibility index (Phi) is 4.78. The molecule has 0 saturated carbocycles. The van der Waals surface area contributed by atoms with Crippen molar-refractivity contribution in [1.29, 1.82) is 0 Å². The first-order valence-corrected chi connectivity index (χ1v) is 8.27. The topological polar surface area (TPSA) is 62.5 Å². The van der Waals surface area contributed by atoms with Crippen LogP contribution in [0.4, 0.5) is 4.39 Å². The average Bonchev–Trinajstić information content (AvgIpc) is 3.28. The largest absolute Gasteiger partial charge is 0.466 e. The second-order valence-corrected chi connectivity index (χ2v) is 6.34. The predicted molar refractivity (Wildman–Crippen MR) is 89.1 cm³/mol. The lowest BCUT2D eigenvalue weighted by Gasteiger charge is -2.25. The van der Waals surface area contributed by atoms with Crippen molar-refractivity contribution in [1.82, 2.24) is 5.32 Å². The molecule has 0 bridgehead atoms. The second kappa shape index (κ2) is 6.98. The van der Waals surface area contributed by atoms with Gasteiger partial charge in [-0.25, -0.2) is 4.39 Å². The van der Waals surface area contributed by atoms with Crippen LogP contribution in [-0.4, -0.2) is 17.6 Å². The van der Waals surface area contributed by atoms with Crippen molar-refractivity contribution >= 4 is 17.2 Å². The molecule has 3 aromatic rings. The van der Waals surface area contributed by atoms with Crippen molar-refractivity contribution in [3.63, 3.8) is 0 Å². The Morgan fingerprint density at radius 3 is 2.62 bits per heavy atom. The van der Waals surface area contributed by atoms with Gasteiger partial charge in [0.25, 0.3) is 0 Å². The summed E-state index contributed by atoms with van der Waals surface area (Å²) in [7, 11) is 0. The SMILES string of the molecule is O=C(Cc1ccc(F)cc1)NCC(O)(c1ccco1)c1cccs1. The Labute approximate surface area is 142 Å². The van der Waals surface area contributed by atoms with E-state index in [-0.39, 0.29) is 24.7 Å². The van der Waals surface area contributed by atoms with Gasteiger partial charge in [-0.3, -0.25) is 4.79 Å². The minimum atomic E-state index is -1.42. The molecule has 0 saturated heterocycles. The highest BCUT2D eigenvalue weighted by Crippen LogP contribution is 2.32. The van der Waals surface area contributed by atoms with Crippen LogP contribution in [0.25, 0.3) is 0 Å². The Morgan fingerprint density at radius 1 is 1.21 bits per heavy atom. The number of carbonyl (C=O) groups is 1. The number of furan rings is 1. The number of rotatable bonds is 6. The van der Waals surface area contributed by atoms with Crippen molar-refractivity contribution in [3.05, 3.63) is 82.2 Å². The summed E-state index contributed by atoms with van der Waals surface area (Å²) in [5.41, 5.74) is -0.720. The zero-order chi connectivity index (χ0) is 17.0. The summed E-state index contributed by atoms with van der Waals surface area (Å²) in [6.45, 7) is -0.0128. The molecule has 1 atom stereocenters. The van der Waals surface area contributed by atoms with E-state index in [1.54, 1.807) is 30.3 Å². The minimum absolute atomic E-state index is 0.0128. The molecule has 0 spiro atoms. The lowest BCUT2D eigenvalue weighted by Crippen LogP contribution is -2.41. The summed E-state index contributed by atoms with van der Waals surface area (Å²) in [5.74, 6) is -0.237. The summed E-state index contributed by atoms with van der Waals surface area (Å²) in [6.07, 6.45) is 1.59. The average molecular weight is 345 g/mol. The first-order valence-electron chi connectivity index (χ1n) is 7.39. The number of amides is 1. The van der Waals surface area contributed by atoms with Gasteiger partial charge in [0.05, 0.1) is 19.2 Å². The molecule has 6 heteroatoms. The van der Waals surface area contributed by atoms with Crippen molar-refractivity contribution in [3.8, 4) is 0 Å². The molecule has 0 aliphatic heterocycles. The third kappa shape index (κ3) is 3.55. The third-order valence-corrected chi connectivity index (χ3v) is 4.70. The van der Waals surface area contributed by atoms with Crippen molar-refractivity contribution in [2.75, 3.05) is 6.54 Å². The molecule has 4 nitrogen and oxygen atoms in total. The van der Waals surface area contributed by atoms with Crippen LogP contribution in [0.5, 0.6) is 0 Å². The van der Waals surface area contributed by atoms with Gasteiger partial charge in [-0.2, -0.15) is 0 Å². The highest BCUT2D eigenvalue weighted by molar-refractivity contribution is 7.10. The van der Waals surface area contributed by atoms with E-state index in [4.69, 9.17) is 4.42 Å². The van der Waals surface area contributed by atoms with Gasteiger partial charge >= 0.3 is 0 Å². The minimum Gasteiger partial charge on any atom is -0.466 e. The molecule has 1 unspecified atom stereocenters. The monoisotopic (exact) mass is 345 g/mol. The number of thiophene rings is 1. The number of aliphatic hydroxyl groups is 1. The molecule has 1 aromatic carbocycles. The van der Waals surface area contributed by atoms with Crippen LogP contribution in [0.15, 0.2) is 64.6 Å².